The molecule has 0 bridgehead atoms. The number of aromatic nitrogens is 2. The maximum atomic E-state index is 10.5. The highest BCUT2D eigenvalue weighted by Crippen LogP contribution is 2.07. The van der Waals surface area contributed by atoms with E-state index in [0.717, 1.165) is 18.1 Å². The van der Waals surface area contributed by atoms with E-state index in [1.165, 1.54) is 17.1 Å². The van der Waals surface area contributed by atoms with E-state index in [0.29, 0.717) is 6.54 Å². The molecule has 0 radical (unpaired) electrons. The molecule has 7 nitrogen and oxygen atoms in total. The summed E-state index contributed by atoms with van der Waals surface area (Å²) in [5.74, 6) is 1.87. The molecule has 0 aliphatic rings. The van der Waals surface area contributed by atoms with Crippen molar-refractivity contribution in [1.82, 2.24) is 15.1 Å². The smallest absolute Gasteiger partial charge is 0.306 e. The van der Waals surface area contributed by atoms with Crippen LogP contribution in [0.4, 0.5) is 5.69 Å². The fourth-order valence-corrected chi connectivity index (χ4v) is 2.03. The van der Waals surface area contributed by atoms with E-state index in [-0.39, 0.29) is 12.2 Å². The van der Waals surface area contributed by atoms with Gasteiger partial charge in [-0.3, -0.25) is 14.8 Å². The Kier molecular flexibility index (Phi) is 7.16. The van der Waals surface area contributed by atoms with Crippen LogP contribution >= 0.6 is 11.8 Å². The third kappa shape index (κ3) is 6.37. The topological polar surface area (TPSA) is 93.2 Å². The number of aliphatic hydroxyl groups excluding tert-OH is 1. The molecule has 8 heteroatoms. The Hall–Kier alpha value is -1.38. The molecule has 1 heterocycles. The van der Waals surface area contributed by atoms with Crippen molar-refractivity contribution < 1.29 is 10.0 Å². The average Bonchev–Trinajstić information content (AvgIpc) is 2.82. The Morgan fingerprint density at radius 3 is 3.16 bits per heavy atom. The van der Waals surface area contributed by atoms with Crippen LogP contribution in [0.15, 0.2) is 25.0 Å². The van der Waals surface area contributed by atoms with Crippen molar-refractivity contribution in [3.05, 3.63) is 35.2 Å². The van der Waals surface area contributed by atoms with Crippen molar-refractivity contribution in [2.75, 3.05) is 24.6 Å². The van der Waals surface area contributed by atoms with Gasteiger partial charge in [0.05, 0.1) is 17.6 Å². The molecule has 106 valence electrons. The zero-order valence-corrected chi connectivity index (χ0v) is 11.4. The van der Waals surface area contributed by atoms with Gasteiger partial charge in [-0.15, -0.1) is 6.58 Å². The maximum Gasteiger partial charge on any atom is 0.306 e. The molecule has 0 fully saturated rings. The number of aliphatic hydroxyl groups is 1. The van der Waals surface area contributed by atoms with Crippen LogP contribution in [-0.2, 0) is 6.54 Å². The molecular formula is C11H18N4O3S. The molecule has 1 aromatic heterocycles. The molecule has 0 aliphatic heterocycles. The third-order valence-electron chi connectivity index (χ3n) is 2.27. The van der Waals surface area contributed by atoms with Crippen LogP contribution < -0.4 is 5.32 Å². The summed E-state index contributed by atoms with van der Waals surface area (Å²) in [5.41, 5.74) is -0.0685. The van der Waals surface area contributed by atoms with Crippen molar-refractivity contribution in [2.24, 2.45) is 0 Å². The van der Waals surface area contributed by atoms with Gasteiger partial charge in [-0.25, -0.2) is 0 Å². The van der Waals surface area contributed by atoms with E-state index in [9.17, 15) is 15.2 Å². The van der Waals surface area contributed by atoms with Crippen molar-refractivity contribution in [2.45, 2.75) is 12.6 Å². The molecule has 0 aliphatic carbocycles. The molecule has 0 saturated heterocycles. The lowest BCUT2D eigenvalue weighted by atomic mass is 10.3. The second kappa shape index (κ2) is 8.68. The molecule has 0 aromatic carbocycles. The van der Waals surface area contributed by atoms with Gasteiger partial charge in [0, 0.05) is 24.6 Å². The Bertz CT molecular complexity index is 410. The molecule has 1 atom stereocenters. The quantitative estimate of drug-likeness (QED) is 0.284. The van der Waals surface area contributed by atoms with E-state index in [1.54, 1.807) is 11.8 Å². The van der Waals surface area contributed by atoms with Gasteiger partial charge in [0.1, 0.15) is 12.4 Å². The summed E-state index contributed by atoms with van der Waals surface area (Å²) in [5, 5.41) is 27.1. The first kappa shape index (κ1) is 15.7. The lowest BCUT2D eigenvalue weighted by Gasteiger charge is -2.11. The molecule has 0 amide bonds. The number of hydrogen-bond donors (Lipinski definition) is 2. The van der Waals surface area contributed by atoms with Crippen molar-refractivity contribution >= 4 is 17.4 Å². The van der Waals surface area contributed by atoms with Crippen LogP contribution in [0.1, 0.15) is 0 Å². The predicted octanol–water partition coefficient (Wildman–Crippen LogP) is 0.661. The van der Waals surface area contributed by atoms with Crippen molar-refractivity contribution in [3.8, 4) is 0 Å². The normalized spacial score (nSPS) is 12.3. The minimum atomic E-state index is -0.621. The summed E-state index contributed by atoms with van der Waals surface area (Å²) < 4.78 is 1.37. The van der Waals surface area contributed by atoms with Crippen molar-refractivity contribution in [3.63, 3.8) is 0 Å². The Morgan fingerprint density at radius 2 is 2.53 bits per heavy atom. The van der Waals surface area contributed by atoms with Crippen LogP contribution in [0.3, 0.4) is 0 Å². The Balaban J connectivity index is 2.17. The molecule has 2 N–H and O–H groups in total. The van der Waals surface area contributed by atoms with E-state index < -0.39 is 11.0 Å². The summed E-state index contributed by atoms with van der Waals surface area (Å²) in [6.07, 6.45) is 3.71. The maximum absolute atomic E-state index is 10.5. The molecule has 19 heavy (non-hydrogen) atoms. The number of rotatable bonds is 10. The zero-order valence-electron chi connectivity index (χ0n) is 10.6. The predicted molar refractivity (Wildman–Crippen MR) is 75.3 cm³/mol. The lowest BCUT2D eigenvalue weighted by molar-refractivity contribution is -0.385. The summed E-state index contributed by atoms with van der Waals surface area (Å²) in [6, 6.07) is 0. The minimum Gasteiger partial charge on any atom is -0.390 e. The number of nitrogens with one attached hydrogen (secondary N) is 1. The van der Waals surface area contributed by atoms with Crippen LogP contribution in [0.5, 0.6) is 0 Å². The fourth-order valence-electron chi connectivity index (χ4n) is 1.41. The minimum absolute atomic E-state index is 0.0685. The van der Waals surface area contributed by atoms with E-state index in [1.807, 2.05) is 6.08 Å². The number of nitro groups is 1. The molecule has 1 rings (SSSR count). The van der Waals surface area contributed by atoms with E-state index in [2.05, 4.69) is 17.0 Å². The average molecular weight is 286 g/mol. The van der Waals surface area contributed by atoms with E-state index >= 15 is 0 Å². The first-order valence-electron chi connectivity index (χ1n) is 5.87. The summed E-state index contributed by atoms with van der Waals surface area (Å²) in [7, 11) is 0. The molecule has 0 saturated carbocycles. The van der Waals surface area contributed by atoms with Gasteiger partial charge in [-0.2, -0.15) is 16.9 Å². The monoisotopic (exact) mass is 286 g/mol. The lowest BCUT2D eigenvalue weighted by Crippen LogP contribution is -2.31. The van der Waals surface area contributed by atoms with Gasteiger partial charge in [-0.05, 0) is 0 Å². The number of nitrogens with zero attached hydrogens (tertiary/aromatic N) is 3. The SMILES string of the molecule is C=CCSCCNCC(O)Cn1cc([N+](=O)[O-])cn1. The number of thioether (sulfide) groups is 1. The largest absolute Gasteiger partial charge is 0.390 e. The molecular weight excluding hydrogens is 268 g/mol. The fraction of sp³-hybridized carbons (Fsp3) is 0.545. The van der Waals surface area contributed by atoms with E-state index in [4.69, 9.17) is 0 Å². The standard InChI is InChI=1S/C11H18N4O3S/c1-2-4-19-5-3-12-7-11(16)9-14-8-10(6-13-14)15(17)18/h2,6,8,11-12,16H,1,3-5,7,9H2. The molecule has 1 unspecified atom stereocenters. The highest BCUT2D eigenvalue weighted by Gasteiger charge is 2.11. The van der Waals surface area contributed by atoms with Gasteiger partial charge in [0.2, 0.25) is 0 Å². The Labute approximate surface area is 115 Å². The Morgan fingerprint density at radius 1 is 1.74 bits per heavy atom. The molecule has 1 aromatic rings. The second-order valence-corrected chi connectivity index (χ2v) is 5.05. The van der Waals surface area contributed by atoms with Gasteiger partial charge >= 0.3 is 5.69 Å². The van der Waals surface area contributed by atoms with Gasteiger partial charge in [0.15, 0.2) is 0 Å². The van der Waals surface area contributed by atoms with Crippen LogP contribution in [0, 0.1) is 10.1 Å². The van der Waals surface area contributed by atoms with Gasteiger partial charge in [0.25, 0.3) is 0 Å². The van der Waals surface area contributed by atoms with Crippen LogP contribution in [0.2, 0.25) is 0 Å². The highest BCUT2D eigenvalue weighted by molar-refractivity contribution is 7.99. The van der Waals surface area contributed by atoms with Crippen LogP contribution in [0.25, 0.3) is 0 Å². The zero-order chi connectivity index (χ0) is 14.1. The third-order valence-corrected chi connectivity index (χ3v) is 3.23. The van der Waals surface area contributed by atoms with Gasteiger partial charge in [-0.1, -0.05) is 6.08 Å². The molecule has 0 spiro atoms. The van der Waals surface area contributed by atoms with Gasteiger partial charge < -0.3 is 10.4 Å². The number of hydrogen-bond acceptors (Lipinski definition) is 6. The van der Waals surface area contributed by atoms with Crippen LogP contribution in [-0.4, -0.2) is 50.5 Å². The highest BCUT2D eigenvalue weighted by atomic mass is 32.2. The first-order chi connectivity index (χ1) is 9.13. The first-order valence-corrected chi connectivity index (χ1v) is 7.03. The summed E-state index contributed by atoms with van der Waals surface area (Å²) >= 11 is 1.76. The van der Waals surface area contributed by atoms with Crippen molar-refractivity contribution in [1.29, 1.82) is 0 Å². The second-order valence-electron chi connectivity index (χ2n) is 3.90. The summed E-state index contributed by atoms with van der Waals surface area (Å²) in [6.45, 7) is 5.10. The summed E-state index contributed by atoms with van der Waals surface area (Å²) in [4.78, 5) is 9.96.